The Labute approximate surface area is 182 Å². The van der Waals surface area contributed by atoms with E-state index in [0.29, 0.717) is 11.5 Å². The number of nitrogens with zero attached hydrogens (tertiary/aromatic N) is 2. The Kier molecular flexibility index (Phi) is 6.27. The Morgan fingerprint density at radius 1 is 1.10 bits per heavy atom. The summed E-state index contributed by atoms with van der Waals surface area (Å²) in [7, 11) is 0. The molecule has 1 amide bonds. The molecule has 4 heteroatoms. The van der Waals surface area contributed by atoms with Gasteiger partial charge in [0.25, 0.3) is 5.91 Å². The predicted octanol–water partition coefficient (Wildman–Crippen LogP) is 6.21. The summed E-state index contributed by atoms with van der Waals surface area (Å²) in [6.07, 6.45) is 8.38. The summed E-state index contributed by atoms with van der Waals surface area (Å²) in [5.41, 5.74) is 1.82. The standard InChI is InChI=1S/C26H38N2O2/c1-24(2,3)14-13-22(20-9-7-19(18-29)8-10-20)28-23(30)17-27-26(28)15-11-21(12-16-26)25(4,5)6/h7-10,17-18,21-22H,11-16H2,1-6H3. The lowest BCUT2D eigenvalue weighted by molar-refractivity contribution is -0.133. The molecular formula is C26H38N2O2. The van der Waals surface area contributed by atoms with Crippen molar-refractivity contribution >= 4 is 18.4 Å². The van der Waals surface area contributed by atoms with E-state index in [9.17, 15) is 9.59 Å². The fraction of sp³-hybridized carbons (Fsp3) is 0.654. The molecule has 1 unspecified atom stereocenters. The van der Waals surface area contributed by atoms with Crippen LogP contribution in [-0.2, 0) is 4.79 Å². The van der Waals surface area contributed by atoms with Gasteiger partial charge in [-0.15, -0.1) is 0 Å². The highest BCUT2D eigenvalue weighted by atomic mass is 16.2. The van der Waals surface area contributed by atoms with Crippen LogP contribution >= 0.6 is 0 Å². The third-order valence-electron chi connectivity index (χ3n) is 7.05. The average Bonchev–Trinajstić information content (AvgIpc) is 2.97. The van der Waals surface area contributed by atoms with E-state index in [4.69, 9.17) is 4.99 Å². The zero-order valence-corrected chi connectivity index (χ0v) is 19.6. The molecule has 3 rings (SSSR count). The molecule has 0 saturated heterocycles. The average molecular weight is 411 g/mol. The van der Waals surface area contributed by atoms with E-state index in [2.05, 4.69) is 46.4 Å². The summed E-state index contributed by atoms with van der Waals surface area (Å²) < 4.78 is 0. The fourth-order valence-corrected chi connectivity index (χ4v) is 5.08. The minimum Gasteiger partial charge on any atom is -0.306 e. The van der Waals surface area contributed by atoms with Crippen molar-refractivity contribution in [3.8, 4) is 0 Å². The van der Waals surface area contributed by atoms with Crippen LogP contribution in [0, 0.1) is 16.7 Å². The lowest BCUT2D eigenvalue weighted by Gasteiger charge is -2.48. The van der Waals surface area contributed by atoms with E-state index in [1.165, 1.54) is 0 Å². The minimum atomic E-state index is -0.412. The van der Waals surface area contributed by atoms with E-state index < -0.39 is 5.66 Å². The molecule has 0 bridgehead atoms. The van der Waals surface area contributed by atoms with Gasteiger partial charge in [0.2, 0.25) is 0 Å². The summed E-state index contributed by atoms with van der Waals surface area (Å²) in [4.78, 5) is 31.1. The quantitative estimate of drug-likeness (QED) is 0.542. The molecule has 4 nitrogen and oxygen atoms in total. The Balaban J connectivity index is 1.91. The normalized spacial score (nSPS) is 25.7. The van der Waals surface area contributed by atoms with Crippen molar-refractivity contribution in [1.29, 1.82) is 0 Å². The maximum absolute atomic E-state index is 13.1. The van der Waals surface area contributed by atoms with Crippen LogP contribution in [0.25, 0.3) is 0 Å². The lowest BCUT2D eigenvalue weighted by Crippen LogP contribution is -2.51. The first kappa shape index (κ1) is 22.7. The van der Waals surface area contributed by atoms with Crippen molar-refractivity contribution in [2.45, 2.75) is 91.8 Å². The third-order valence-corrected chi connectivity index (χ3v) is 7.05. The first-order valence-electron chi connectivity index (χ1n) is 11.4. The zero-order valence-electron chi connectivity index (χ0n) is 19.6. The van der Waals surface area contributed by atoms with Gasteiger partial charge in [0, 0.05) is 5.56 Å². The maximum Gasteiger partial charge on any atom is 0.267 e. The number of hydrogen-bond acceptors (Lipinski definition) is 3. The molecule has 1 aliphatic heterocycles. The number of rotatable bonds is 5. The van der Waals surface area contributed by atoms with Gasteiger partial charge in [-0.2, -0.15) is 0 Å². The van der Waals surface area contributed by atoms with Gasteiger partial charge in [0.1, 0.15) is 11.9 Å². The molecule has 2 aliphatic rings. The van der Waals surface area contributed by atoms with Crippen LogP contribution in [0.1, 0.15) is 102 Å². The van der Waals surface area contributed by atoms with Crippen molar-refractivity contribution in [2.24, 2.45) is 21.7 Å². The second-order valence-corrected chi connectivity index (χ2v) is 11.5. The van der Waals surface area contributed by atoms with Gasteiger partial charge in [-0.1, -0.05) is 65.8 Å². The van der Waals surface area contributed by atoms with Crippen molar-refractivity contribution in [3.05, 3.63) is 35.4 Å². The van der Waals surface area contributed by atoms with Crippen molar-refractivity contribution < 1.29 is 9.59 Å². The van der Waals surface area contributed by atoms with Crippen LogP contribution in [0.15, 0.2) is 29.3 Å². The Bertz CT molecular complexity index is 788. The van der Waals surface area contributed by atoms with Gasteiger partial charge in [0.05, 0.1) is 12.3 Å². The molecule has 0 N–H and O–H groups in total. The topological polar surface area (TPSA) is 49.7 Å². The highest BCUT2D eigenvalue weighted by Crippen LogP contribution is 2.49. The molecule has 1 aromatic carbocycles. The van der Waals surface area contributed by atoms with Crippen LogP contribution in [-0.4, -0.2) is 29.0 Å². The third kappa shape index (κ3) is 4.84. The molecule has 1 heterocycles. The van der Waals surface area contributed by atoms with E-state index in [-0.39, 0.29) is 22.8 Å². The molecule has 1 atom stereocenters. The molecule has 30 heavy (non-hydrogen) atoms. The van der Waals surface area contributed by atoms with Gasteiger partial charge in [-0.3, -0.25) is 14.6 Å². The number of aliphatic imine (C=N–C) groups is 1. The summed E-state index contributed by atoms with van der Waals surface area (Å²) >= 11 is 0. The van der Waals surface area contributed by atoms with Gasteiger partial charge >= 0.3 is 0 Å². The Morgan fingerprint density at radius 3 is 2.20 bits per heavy atom. The van der Waals surface area contributed by atoms with Crippen LogP contribution in [0.2, 0.25) is 0 Å². The number of benzene rings is 1. The lowest BCUT2D eigenvalue weighted by atomic mass is 9.69. The van der Waals surface area contributed by atoms with Gasteiger partial charge < -0.3 is 4.90 Å². The molecule has 1 spiro atoms. The number of amides is 1. The van der Waals surface area contributed by atoms with E-state index >= 15 is 0 Å². The van der Waals surface area contributed by atoms with Crippen molar-refractivity contribution in [2.75, 3.05) is 0 Å². The number of aldehydes is 1. The minimum absolute atomic E-state index is 0.0221. The number of hydrogen-bond donors (Lipinski definition) is 0. The summed E-state index contributed by atoms with van der Waals surface area (Å²) in [6, 6.07) is 7.72. The zero-order chi connectivity index (χ0) is 22.2. The summed E-state index contributed by atoms with van der Waals surface area (Å²) in [6.45, 7) is 13.7. The highest BCUT2D eigenvalue weighted by Gasteiger charge is 2.49. The molecule has 1 aliphatic carbocycles. The van der Waals surface area contributed by atoms with Crippen LogP contribution < -0.4 is 0 Å². The molecule has 164 valence electrons. The molecule has 1 fully saturated rings. The molecule has 1 saturated carbocycles. The molecule has 1 aromatic rings. The second-order valence-electron chi connectivity index (χ2n) is 11.5. The predicted molar refractivity (Wildman–Crippen MR) is 123 cm³/mol. The SMILES string of the molecule is CC(C)(C)CCC(c1ccc(C=O)cc1)N1C(=O)C=NC12CCC(C(C)(C)C)CC2. The largest absolute Gasteiger partial charge is 0.306 e. The maximum atomic E-state index is 13.1. The highest BCUT2D eigenvalue weighted by molar-refractivity contribution is 6.28. The first-order chi connectivity index (χ1) is 14.0. The summed E-state index contributed by atoms with van der Waals surface area (Å²) in [5.74, 6) is 0.693. The fourth-order valence-electron chi connectivity index (χ4n) is 5.08. The van der Waals surface area contributed by atoms with Gasteiger partial charge in [0.15, 0.2) is 0 Å². The van der Waals surface area contributed by atoms with E-state index in [1.54, 1.807) is 6.21 Å². The monoisotopic (exact) mass is 410 g/mol. The van der Waals surface area contributed by atoms with E-state index in [1.807, 2.05) is 24.3 Å². The van der Waals surface area contributed by atoms with Crippen LogP contribution in [0.5, 0.6) is 0 Å². The summed E-state index contributed by atoms with van der Waals surface area (Å²) in [5, 5.41) is 0. The Morgan fingerprint density at radius 2 is 1.70 bits per heavy atom. The van der Waals surface area contributed by atoms with E-state index in [0.717, 1.165) is 50.4 Å². The molecular weight excluding hydrogens is 372 g/mol. The second kappa shape index (κ2) is 8.28. The van der Waals surface area contributed by atoms with Gasteiger partial charge in [-0.25, -0.2) is 0 Å². The number of carbonyl (C=O) groups excluding carboxylic acids is 2. The Hall–Kier alpha value is -1.97. The number of carbonyl (C=O) groups is 2. The first-order valence-corrected chi connectivity index (χ1v) is 11.4. The van der Waals surface area contributed by atoms with Gasteiger partial charge in [-0.05, 0) is 60.8 Å². The van der Waals surface area contributed by atoms with Crippen molar-refractivity contribution in [3.63, 3.8) is 0 Å². The molecule has 0 aromatic heterocycles. The molecule has 0 radical (unpaired) electrons. The van der Waals surface area contributed by atoms with Crippen molar-refractivity contribution in [1.82, 2.24) is 4.90 Å². The van der Waals surface area contributed by atoms with Crippen LogP contribution in [0.3, 0.4) is 0 Å². The van der Waals surface area contributed by atoms with Crippen LogP contribution in [0.4, 0.5) is 0 Å². The smallest absolute Gasteiger partial charge is 0.267 e.